The maximum Gasteiger partial charge on any atom is 0.243 e. The molecule has 1 saturated heterocycles. The Morgan fingerprint density at radius 3 is 2.68 bits per heavy atom. The normalized spacial score (nSPS) is 17.1. The van der Waals surface area contributed by atoms with Gasteiger partial charge < -0.3 is 4.74 Å². The van der Waals surface area contributed by atoms with Gasteiger partial charge in [-0.2, -0.15) is 4.31 Å². The van der Waals surface area contributed by atoms with Gasteiger partial charge in [0.05, 0.1) is 18.1 Å². The third-order valence-electron chi connectivity index (χ3n) is 3.36. The molecule has 0 unspecified atom stereocenters. The molecule has 2 heterocycles. The number of benzene rings is 1. The van der Waals surface area contributed by atoms with Gasteiger partial charge in [-0.05, 0) is 17.7 Å². The van der Waals surface area contributed by atoms with Crippen molar-refractivity contribution in [2.45, 2.75) is 4.90 Å². The molecule has 1 aromatic heterocycles. The van der Waals surface area contributed by atoms with Crippen molar-refractivity contribution >= 4 is 33.5 Å². The molecule has 0 radical (unpaired) electrons. The van der Waals surface area contributed by atoms with E-state index in [0.717, 1.165) is 5.01 Å². The summed E-state index contributed by atoms with van der Waals surface area (Å²) >= 11 is 1.51. The molecule has 0 aliphatic carbocycles. The summed E-state index contributed by atoms with van der Waals surface area (Å²) in [7, 11) is -3.50. The van der Waals surface area contributed by atoms with E-state index in [0.29, 0.717) is 36.8 Å². The van der Waals surface area contributed by atoms with Crippen molar-refractivity contribution in [1.29, 1.82) is 0 Å². The van der Waals surface area contributed by atoms with E-state index in [1.54, 1.807) is 30.5 Å². The van der Waals surface area contributed by atoms with Crippen LogP contribution in [0.1, 0.15) is 10.6 Å². The number of thiazole rings is 1. The topological polar surface area (TPSA) is 59.5 Å². The zero-order valence-electron chi connectivity index (χ0n) is 11.9. The van der Waals surface area contributed by atoms with Crippen LogP contribution in [0.3, 0.4) is 0 Å². The fourth-order valence-corrected chi connectivity index (χ4v) is 4.38. The molecule has 0 amide bonds. The second-order valence-corrected chi connectivity index (χ2v) is 7.59. The minimum Gasteiger partial charge on any atom is -0.379 e. The largest absolute Gasteiger partial charge is 0.379 e. The molecule has 0 N–H and O–H groups in total. The molecular formula is C15H16N2O3S2. The molecule has 22 heavy (non-hydrogen) atoms. The molecule has 116 valence electrons. The Balaban J connectivity index is 1.93. The molecule has 0 spiro atoms. The van der Waals surface area contributed by atoms with Crippen LogP contribution in [-0.4, -0.2) is 44.0 Å². The molecule has 7 heteroatoms. The van der Waals surface area contributed by atoms with Crippen molar-refractivity contribution in [3.05, 3.63) is 46.4 Å². The summed E-state index contributed by atoms with van der Waals surface area (Å²) in [6.45, 7) is 1.67. The minimum atomic E-state index is -3.50. The third kappa shape index (κ3) is 3.27. The molecule has 1 aliphatic heterocycles. The fraction of sp³-hybridized carbons (Fsp3) is 0.267. The summed E-state index contributed by atoms with van der Waals surface area (Å²) < 4.78 is 32.3. The van der Waals surface area contributed by atoms with Gasteiger partial charge >= 0.3 is 0 Å². The standard InChI is InChI=1S/C15H16N2O3S2/c18-22(19,17-8-10-20-11-9-17)14-4-2-1-3-13(14)5-6-15-16-7-12-21-15/h1-7,12H,8-11H2/b6-5+. The highest BCUT2D eigenvalue weighted by Crippen LogP contribution is 2.23. The summed E-state index contributed by atoms with van der Waals surface area (Å²) in [5.41, 5.74) is 0.671. The highest BCUT2D eigenvalue weighted by atomic mass is 32.2. The van der Waals surface area contributed by atoms with Crippen LogP contribution in [0.2, 0.25) is 0 Å². The number of ether oxygens (including phenoxy) is 1. The third-order valence-corrected chi connectivity index (χ3v) is 6.08. The maximum absolute atomic E-state index is 12.8. The van der Waals surface area contributed by atoms with Gasteiger partial charge in [0.25, 0.3) is 0 Å². The lowest BCUT2D eigenvalue weighted by Gasteiger charge is -2.26. The zero-order valence-corrected chi connectivity index (χ0v) is 13.5. The van der Waals surface area contributed by atoms with Crippen LogP contribution in [0, 0.1) is 0 Å². The number of morpholine rings is 1. The van der Waals surface area contributed by atoms with Crippen LogP contribution in [-0.2, 0) is 14.8 Å². The lowest BCUT2D eigenvalue weighted by atomic mass is 10.2. The Labute approximate surface area is 133 Å². The average molecular weight is 336 g/mol. The summed E-state index contributed by atoms with van der Waals surface area (Å²) in [5.74, 6) is 0. The molecule has 1 fully saturated rings. The lowest BCUT2D eigenvalue weighted by molar-refractivity contribution is 0.0730. The first kappa shape index (κ1) is 15.4. The number of aromatic nitrogens is 1. The van der Waals surface area contributed by atoms with Crippen molar-refractivity contribution in [3.63, 3.8) is 0 Å². The van der Waals surface area contributed by atoms with Crippen molar-refractivity contribution in [3.8, 4) is 0 Å². The van der Waals surface area contributed by atoms with Crippen LogP contribution < -0.4 is 0 Å². The number of nitrogens with zero attached hydrogens (tertiary/aromatic N) is 2. The monoisotopic (exact) mass is 336 g/mol. The Bertz CT molecular complexity index is 749. The van der Waals surface area contributed by atoms with E-state index in [1.165, 1.54) is 15.6 Å². The summed E-state index contributed by atoms with van der Waals surface area (Å²) in [4.78, 5) is 4.49. The molecular weight excluding hydrogens is 320 g/mol. The lowest BCUT2D eigenvalue weighted by Crippen LogP contribution is -2.40. The summed E-state index contributed by atoms with van der Waals surface area (Å²) in [6.07, 6.45) is 5.35. The van der Waals surface area contributed by atoms with Crippen molar-refractivity contribution < 1.29 is 13.2 Å². The van der Waals surface area contributed by atoms with E-state index in [4.69, 9.17) is 4.74 Å². The maximum atomic E-state index is 12.8. The van der Waals surface area contributed by atoms with Gasteiger partial charge in [-0.15, -0.1) is 11.3 Å². The van der Waals surface area contributed by atoms with Gasteiger partial charge in [0.15, 0.2) is 0 Å². The Morgan fingerprint density at radius 2 is 1.95 bits per heavy atom. The second-order valence-electron chi connectivity index (χ2n) is 4.76. The molecule has 0 saturated carbocycles. The van der Waals surface area contributed by atoms with Gasteiger partial charge in [0.2, 0.25) is 10.0 Å². The van der Waals surface area contributed by atoms with Crippen LogP contribution in [0.4, 0.5) is 0 Å². The number of sulfonamides is 1. The van der Waals surface area contributed by atoms with E-state index in [9.17, 15) is 8.42 Å². The van der Waals surface area contributed by atoms with Crippen LogP contribution in [0.5, 0.6) is 0 Å². The smallest absolute Gasteiger partial charge is 0.243 e. The first-order valence-electron chi connectivity index (χ1n) is 6.92. The number of hydrogen-bond acceptors (Lipinski definition) is 5. The second kappa shape index (κ2) is 6.70. The highest BCUT2D eigenvalue weighted by molar-refractivity contribution is 7.89. The van der Waals surface area contributed by atoms with E-state index < -0.39 is 10.0 Å². The van der Waals surface area contributed by atoms with E-state index in [1.807, 2.05) is 17.5 Å². The van der Waals surface area contributed by atoms with Gasteiger partial charge in [-0.1, -0.05) is 24.3 Å². The molecule has 5 nitrogen and oxygen atoms in total. The summed E-state index contributed by atoms with van der Waals surface area (Å²) in [6, 6.07) is 7.03. The molecule has 0 bridgehead atoms. The number of hydrogen-bond donors (Lipinski definition) is 0. The SMILES string of the molecule is O=S(=O)(c1ccccc1/C=C/c1nccs1)N1CCOCC1. The first-order valence-corrected chi connectivity index (χ1v) is 9.24. The van der Waals surface area contributed by atoms with Crippen molar-refractivity contribution in [2.24, 2.45) is 0 Å². The van der Waals surface area contributed by atoms with Crippen molar-refractivity contribution in [2.75, 3.05) is 26.3 Å². The van der Waals surface area contributed by atoms with Gasteiger partial charge in [-0.25, -0.2) is 13.4 Å². The summed E-state index contributed by atoms with van der Waals surface area (Å²) in [5, 5.41) is 2.73. The van der Waals surface area contributed by atoms with Crippen LogP contribution in [0.15, 0.2) is 40.7 Å². The fourth-order valence-electron chi connectivity index (χ4n) is 2.26. The zero-order chi connectivity index (χ0) is 15.4. The Hall–Kier alpha value is -1.54. The molecule has 1 aromatic carbocycles. The van der Waals surface area contributed by atoms with Crippen molar-refractivity contribution in [1.82, 2.24) is 9.29 Å². The van der Waals surface area contributed by atoms with Gasteiger partial charge in [0, 0.05) is 24.7 Å². The highest BCUT2D eigenvalue weighted by Gasteiger charge is 2.27. The quantitative estimate of drug-likeness (QED) is 0.860. The molecule has 3 rings (SSSR count). The Morgan fingerprint density at radius 1 is 1.18 bits per heavy atom. The van der Waals surface area contributed by atoms with E-state index in [2.05, 4.69) is 4.98 Å². The van der Waals surface area contributed by atoms with E-state index >= 15 is 0 Å². The number of rotatable bonds is 4. The minimum absolute atomic E-state index is 0.324. The predicted octanol–water partition coefficient (Wildman–Crippen LogP) is 2.33. The average Bonchev–Trinajstić information content (AvgIpc) is 3.07. The molecule has 2 aromatic rings. The molecule has 0 atom stereocenters. The first-order chi connectivity index (χ1) is 10.7. The molecule has 1 aliphatic rings. The van der Waals surface area contributed by atoms with E-state index in [-0.39, 0.29) is 0 Å². The van der Waals surface area contributed by atoms with Gasteiger partial charge in [-0.3, -0.25) is 0 Å². The van der Waals surface area contributed by atoms with Gasteiger partial charge in [0.1, 0.15) is 5.01 Å². The van der Waals surface area contributed by atoms with Crippen LogP contribution in [0.25, 0.3) is 12.2 Å². The van der Waals surface area contributed by atoms with Crippen LogP contribution >= 0.6 is 11.3 Å². The Kier molecular flexibility index (Phi) is 4.68. The predicted molar refractivity (Wildman–Crippen MR) is 87.1 cm³/mol.